The number of rotatable bonds is 2. The number of H-pyrrole nitrogens is 1. The Bertz CT molecular complexity index is 657. The van der Waals surface area contributed by atoms with Gasteiger partial charge in [-0.15, -0.1) is 0 Å². The Morgan fingerprint density at radius 3 is 2.81 bits per heavy atom. The Kier molecular flexibility index (Phi) is 2.82. The van der Waals surface area contributed by atoms with Gasteiger partial charge in [0.15, 0.2) is 0 Å². The second-order valence-corrected chi connectivity index (χ2v) is 5.89. The van der Waals surface area contributed by atoms with Crippen molar-refractivity contribution >= 4 is 11.6 Å². The second-order valence-electron chi connectivity index (χ2n) is 5.89. The van der Waals surface area contributed by atoms with Crippen LogP contribution in [0.5, 0.6) is 0 Å². The van der Waals surface area contributed by atoms with Crippen molar-refractivity contribution in [2.24, 2.45) is 0 Å². The van der Waals surface area contributed by atoms with Crippen molar-refractivity contribution in [2.75, 3.05) is 18.4 Å². The van der Waals surface area contributed by atoms with Crippen LogP contribution in [0.2, 0.25) is 0 Å². The first-order chi connectivity index (χ1) is 10.3. The summed E-state index contributed by atoms with van der Waals surface area (Å²) in [7, 11) is 0. The predicted molar refractivity (Wildman–Crippen MR) is 79.8 cm³/mol. The number of aromatic amines is 1. The molecule has 2 aromatic rings. The van der Waals surface area contributed by atoms with E-state index in [1.165, 1.54) is 5.56 Å². The van der Waals surface area contributed by atoms with Crippen LogP contribution in [0.15, 0.2) is 36.7 Å². The molecule has 5 nitrogen and oxygen atoms in total. The summed E-state index contributed by atoms with van der Waals surface area (Å²) in [5.41, 5.74) is 1.84. The van der Waals surface area contributed by atoms with Crippen LogP contribution < -0.4 is 5.32 Å². The van der Waals surface area contributed by atoms with Crippen molar-refractivity contribution in [2.45, 2.75) is 24.8 Å². The Hall–Kier alpha value is -2.14. The molecule has 1 aromatic heterocycles. The number of imidazole rings is 1. The summed E-state index contributed by atoms with van der Waals surface area (Å²) in [6.45, 7) is 2.66. The molecule has 0 aliphatic carbocycles. The maximum Gasteiger partial charge on any atom is 0.235 e. The van der Waals surface area contributed by atoms with Gasteiger partial charge in [0, 0.05) is 18.1 Å². The van der Waals surface area contributed by atoms with Crippen molar-refractivity contribution in [1.29, 1.82) is 0 Å². The normalized spacial score (nSPS) is 20.5. The van der Waals surface area contributed by atoms with E-state index < -0.39 is 0 Å². The number of nitrogens with one attached hydrogen (secondary N) is 2. The van der Waals surface area contributed by atoms with Gasteiger partial charge in [-0.3, -0.25) is 9.69 Å². The number of amides is 1. The molecule has 108 valence electrons. The number of nitrogens with zero attached hydrogens (tertiary/aromatic N) is 2. The lowest BCUT2D eigenvalue weighted by Gasteiger charge is -2.37. The first-order valence-corrected chi connectivity index (χ1v) is 7.39. The molecule has 0 saturated carbocycles. The molecule has 21 heavy (non-hydrogen) atoms. The van der Waals surface area contributed by atoms with Crippen LogP contribution in [-0.4, -0.2) is 33.9 Å². The summed E-state index contributed by atoms with van der Waals surface area (Å²) in [6, 6.07) is 8.09. The standard InChI is InChI=1S/C16H18N4O/c21-15-16(12-3-1-2-4-13(12)19-15)5-9-20(10-6-16)11-14-17-7-8-18-14/h1-4,7-8H,5-6,9-11H2,(H,17,18)(H,19,21). The molecule has 1 spiro atoms. The Balaban J connectivity index is 1.53. The van der Waals surface area contributed by atoms with Crippen LogP contribution in [-0.2, 0) is 16.8 Å². The first-order valence-electron chi connectivity index (χ1n) is 7.39. The lowest BCUT2D eigenvalue weighted by Crippen LogP contribution is -2.46. The van der Waals surface area contributed by atoms with Gasteiger partial charge in [-0.25, -0.2) is 4.98 Å². The molecule has 2 aliphatic rings. The molecule has 3 heterocycles. The van der Waals surface area contributed by atoms with Crippen molar-refractivity contribution in [3.8, 4) is 0 Å². The van der Waals surface area contributed by atoms with E-state index in [-0.39, 0.29) is 11.3 Å². The SMILES string of the molecule is O=C1Nc2ccccc2C12CCN(Cc1ncc[nH]1)CC2. The number of likely N-dealkylation sites (tertiary alicyclic amines) is 1. The fourth-order valence-corrected chi connectivity index (χ4v) is 3.56. The number of carbonyl (C=O) groups is 1. The van der Waals surface area contributed by atoms with E-state index >= 15 is 0 Å². The second kappa shape index (κ2) is 4.70. The maximum absolute atomic E-state index is 12.5. The number of carbonyl (C=O) groups excluding carboxylic acids is 1. The molecular formula is C16H18N4O. The monoisotopic (exact) mass is 282 g/mol. The molecule has 1 amide bonds. The fourth-order valence-electron chi connectivity index (χ4n) is 3.56. The molecule has 2 N–H and O–H groups in total. The molecule has 1 saturated heterocycles. The van der Waals surface area contributed by atoms with Crippen LogP contribution in [0.3, 0.4) is 0 Å². The highest BCUT2D eigenvalue weighted by Crippen LogP contribution is 2.44. The number of hydrogen-bond acceptors (Lipinski definition) is 3. The molecule has 0 unspecified atom stereocenters. The third-order valence-corrected chi connectivity index (χ3v) is 4.76. The smallest absolute Gasteiger partial charge is 0.235 e. The minimum Gasteiger partial charge on any atom is -0.348 e. The van der Waals surface area contributed by atoms with E-state index in [0.29, 0.717) is 0 Å². The molecule has 1 aromatic carbocycles. The van der Waals surface area contributed by atoms with Gasteiger partial charge in [0.05, 0.1) is 12.0 Å². The lowest BCUT2D eigenvalue weighted by molar-refractivity contribution is -0.122. The molecule has 0 bridgehead atoms. The number of aromatic nitrogens is 2. The zero-order valence-corrected chi connectivity index (χ0v) is 11.8. The number of anilines is 1. The first kappa shape index (κ1) is 12.6. The summed E-state index contributed by atoms with van der Waals surface area (Å²) >= 11 is 0. The van der Waals surface area contributed by atoms with Crippen molar-refractivity contribution in [1.82, 2.24) is 14.9 Å². The minimum absolute atomic E-state index is 0.168. The largest absolute Gasteiger partial charge is 0.348 e. The van der Waals surface area contributed by atoms with Gasteiger partial charge in [-0.05, 0) is 37.6 Å². The van der Waals surface area contributed by atoms with E-state index in [1.54, 1.807) is 6.20 Å². The van der Waals surface area contributed by atoms with Gasteiger partial charge in [-0.1, -0.05) is 18.2 Å². The molecule has 1 fully saturated rings. The zero-order chi connectivity index (χ0) is 14.3. The molecule has 0 atom stereocenters. The van der Waals surface area contributed by atoms with Gasteiger partial charge >= 0.3 is 0 Å². The molecule has 4 rings (SSSR count). The van der Waals surface area contributed by atoms with Gasteiger partial charge in [0.1, 0.15) is 5.82 Å². The number of para-hydroxylation sites is 1. The van der Waals surface area contributed by atoms with E-state index in [9.17, 15) is 4.79 Å². The summed E-state index contributed by atoms with van der Waals surface area (Å²) in [5.74, 6) is 1.16. The van der Waals surface area contributed by atoms with Crippen molar-refractivity contribution in [3.05, 3.63) is 48.0 Å². The van der Waals surface area contributed by atoms with E-state index in [2.05, 4.69) is 26.3 Å². The number of hydrogen-bond donors (Lipinski definition) is 2. The molecule has 2 aliphatic heterocycles. The predicted octanol–water partition coefficient (Wildman–Crippen LogP) is 1.90. The molecular weight excluding hydrogens is 264 g/mol. The van der Waals surface area contributed by atoms with Crippen LogP contribution in [0, 0.1) is 0 Å². The summed E-state index contributed by atoms with van der Waals surface area (Å²) in [6.07, 6.45) is 5.37. The minimum atomic E-state index is -0.323. The topological polar surface area (TPSA) is 61.0 Å². The van der Waals surface area contributed by atoms with Crippen LogP contribution in [0.1, 0.15) is 24.2 Å². The highest BCUT2D eigenvalue weighted by Gasteiger charge is 2.48. The average Bonchev–Trinajstić information content (AvgIpc) is 3.10. The average molecular weight is 282 g/mol. The lowest BCUT2D eigenvalue weighted by atomic mass is 9.74. The van der Waals surface area contributed by atoms with Crippen LogP contribution >= 0.6 is 0 Å². The van der Waals surface area contributed by atoms with Crippen molar-refractivity contribution < 1.29 is 4.79 Å². The summed E-state index contributed by atoms with van der Waals surface area (Å²) < 4.78 is 0. The van der Waals surface area contributed by atoms with E-state index in [1.807, 2.05) is 24.4 Å². The Morgan fingerprint density at radius 2 is 2.05 bits per heavy atom. The highest BCUT2D eigenvalue weighted by molar-refractivity contribution is 6.06. The van der Waals surface area contributed by atoms with E-state index in [0.717, 1.165) is 44.0 Å². The summed E-state index contributed by atoms with van der Waals surface area (Å²) in [5, 5.41) is 3.04. The maximum atomic E-state index is 12.5. The highest BCUT2D eigenvalue weighted by atomic mass is 16.2. The van der Waals surface area contributed by atoms with Gasteiger partial charge in [0.25, 0.3) is 0 Å². The van der Waals surface area contributed by atoms with Crippen molar-refractivity contribution in [3.63, 3.8) is 0 Å². The van der Waals surface area contributed by atoms with Gasteiger partial charge in [-0.2, -0.15) is 0 Å². The van der Waals surface area contributed by atoms with Crippen LogP contribution in [0.25, 0.3) is 0 Å². The molecule has 5 heteroatoms. The third-order valence-electron chi connectivity index (χ3n) is 4.76. The van der Waals surface area contributed by atoms with Gasteiger partial charge < -0.3 is 10.3 Å². The number of piperidine rings is 1. The third kappa shape index (κ3) is 1.96. The fraction of sp³-hybridized carbons (Fsp3) is 0.375. The molecule has 0 radical (unpaired) electrons. The quantitative estimate of drug-likeness (QED) is 0.884. The summed E-state index contributed by atoms with van der Waals surface area (Å²) in [4.78, 5) is 22.3. The Morgan fingerprint density at radius 1 is 1.24 bits per heavy atom. The van der Waals surface area contributed by atoms with E-state index in [4.69, 9.17) is 0 Å². The Labute approximate surface area is 123 Å². The zero-order valence-electron chi connectivity index (χ0n) is 11.8. The van der Waals surface area contributed by atoms with Gasteiger partial charge in [0.2, 0.25) is 5.91 Å². The number of benzene rings is 1. The number of fused-ring (bicyclic) bond motifs is 2. The van der Waals surface area contributed by atoms with Crippen LogP contribution in [0.4, 0.5) is 5.69 Å².